The van der Waals surface area contributed by atoms with E-state index in [9.17, 15) is 13.6 Å². The van der Waals surface area contributed by atoms with Crippen LogP contribution in [0.4, 0.5) is 8.78 Å². The number of rotatable bonds is 2. The summed E-state index contributed by atoms with van der Waals surface area (Å²) in [5.74, 6) is -1.63. The summed E-state index contributed by atoms with van der Waals surface area (Å²) in [6.07, 6.45) is 0. The Morgan fingerprint density at radius 2 is 1.59 bits per heavy atom. The minimum absolute atomic E-state index is 0.0298. The summed E-state index contributed by atoms with van der Waals surface area (Å²) in [5.41, 5.74) is 2.21. The molecule has 0 atom stereocenters. The second-order valence-electron chi connectivity index (χ2n) is 8.05. The summed E-state index contributed by atoms with van der Waals surface area (Å²) in [6.45, 7) is 8.35. The second-order valence-corrected chi connectivity index (χ2v) is 9.26. The number of thiophene rings is 1. The van der Waals surface area contributed by atoms with E-state index in [0.29, 0.717) is 10.2 Å². The van der Waals surface area contributed by atoms with Gasteiger partial charge in [0.05, 0.1) is 10.9 Å². The van der Waals surface area contributed by atoms with Gasteiger partial charge < -0.3 is 4.98 Å². The van der Waals surface area contributed by atoms with Crippen molar-refractivity contribution in [2.45, 2.75) is 33.1 Å². The molecule has 0 aliphatic rings. The van der Waals surface area contributed by atoms with Crippen LogP contribution in [0, 0.1) is 18.6 Å². The lowest BCUT2D eigenvalue weighted by molar-refractivity contribution is 0.587. The van der Waals surface area contributed by atoms with Crippen LogP contribution in [0.2, 0.25) is 0 Å². The van der Waals surface area contributed by atoms with Crippen LogP contribution in [0.3, 0.4) is 0 Å². The van der Waals surface area contributed by atoms with E-state index >= 15 is 0 Å². The van der Waals surface area contributed by atoms with Crippen molar-refractivity contribution >= 4 is 21.6 Å². The fraction of sp³-hybridized carbons (Fsp3) is 0.217. The third-order valence-electron chi connectivity index (χ3n) is 4.98. The van der Waals surface area contributed by atoms with Crippen molar-refractivity contribution < 1.29 is 8.78 Å². The first-order chi connectivity index (χ1) is 13.7. The minimum atomic E-state index is -0.765. The van der Waals surface area contributed by atoms with Gasteiger partial charge in [-0.2, -0.15) is 0 Å². The van der Waals surface area contributed by atoms with E-state index in [4.69, 9.17) is 0 Å². The fourth-order valence-electron chi connectivity index (χ4n) is 3.45. The molecule has 0 aliphatic carbocycles. The number of hydrogen-bond donors (Lipinski definition) is 1. The van der Waals surface area contributed by atoms with Gasteiger partial charge in [-0.25, -0.2) is 13.8 Å². The lowest BCUT2D eigenvalue weighted by Gasteiger charge is -2.19. The first-order valence-corrected chi connectivity index (χ1v) is 10.1. The molecule has 0 fully saturated rings. The van der Waals surface area contributed by atoms with E-state index < -0.39 is 17.2 Å². The normalized spacial score (nSPS) is 11.9. The van der Waals surface area contributed by atoms with Crippen LogP contribution in [-0.2, 0) is 5.41 Å². The Morgan fingerprint density at radius 3 is 2.17 bits per heavy atom. The van der Waals surface area contributed by atoms with Crippen molar-refractivity contribution in [3.63, 3.8) is 0 Å². The minimum Gasteiger partial charge on any atom is -0.306 e. The van der Waals surface area contributed by atoms with E-state index in [2.05, 4.69) is 42.9 Å². The Hall–Kier alpha value is -2.86. The van der Waals surface area contributed by atoms with Gasteiger partial charge >= 0.3 is 0 Å². The van der Waals surface area contributed by atoms with Gasteiger partial charge in [0.2, 0.25) is 0 Å². The van der Waals surface area contributed by atoms with Crippen molar-refractivity contribution in [2.75, 3.05) is 0 Å². The van der Waals surface area contributed by atoms with Crippen LogP contribution < -0.4 is 5.56 Å². The molecule has 0 amide bonds. The van der Waals surface area contributed by atoms with Crippen molar-refractivity contribution in [3.05, 3.63) is 74.9 Å². The van der Waals surface area contributed by atoms with Gasteiger partial charge in [-0.3, -0.25) is 4.79 Å². The standard InChI is InChI=1S/C23H20F2N2OS/c1-12-17(13-8-10-14(11-9-13)23(2,3)4)19-21(28)26-20(27-22(19)29-12)18-15(24)6-5-7-16(18)25/h5-11H,1-4H3,(H,26,27,28). The zero-order valence-electron chi connectivity index (χ0n) is 16.6. The highest BCUT2D eigenvalue weighted by molar-refractivity contribution is 7.19. The molecule has 0 radical (unpaired) electrons. The summed E-state index contributed by atoms with van der Waals surface area (Å²) in [6, 6.07) is 11.7. The van der Waals surface area contributed by atoms with Crippen molar-refractivity contribution in [2.24, 2.45) is 0 Å². The van der Waals surface area contributed by atoms with Gasteiger partial charge in [0.25, 0.3) is 5.56 Å². The van der Waals surface area contributed by atoms with Gasteiger partial charge in [-0.15, -0.1) is 11.3 Å². The molecule has 2 aromatic carbocycles. The number of hydrogen-bond acceptors (Lipinski definition) is 3. The van der Waals surface area contributed by atoms with Crippen LogP contribution in [0.15, 0.2) is 47.3 Å². The first-order valence-electron chi connectivity index (χ1n) is 9.25. The maximum atomic E-state index is 14.2. The number of aromatic amines is 1. The number of fused-ring (bicyclic) bond motifs is 1. The van der Waals surface area contributed by atoms with E-state index in [0.717, 1.165) is 28.1 Å². The fourth-order valence-corrected chi connectivity index (χ4v) is 4.49. The van der Waals surface area contributed by atoms with Crippen LogP contribution in [0.25, 0.3) is 32.7 Å². The zero-order chi connectivity index (χ0) is 20.9. The lowest BCUT2D eigenvalue weighted by atomic mass is 9.86. The topological polar surface area (TPSA) is 45.8 Å². The molecule has 4 aromatic rings. The molecule has 148 valence electrons. The summed E-state index contributed by atoms with van der Waals surface area (Å²) in [5, 5.41) is 0.441. The quantitative estimate of drug-likeness (QED) is 0.427. The van der Waals surface area contributed by atoms with E-state index in [1.165, 1.54) is 23.0 Å². The summed E-state index contributed by atoms with van der Waals surface area (Å²) in [4.78, 5) is 21.2. The Morgan fingerprint density at radius 1 is 0.966 bits per heavy atom. The largest absolute Gasteiger partial charge is 0.306 e. The lowest BCUT2D eigenvalue weighted by Crippen LogP contribution is -2.11. The SMILES string of the molecule is Cc1sc2nc(-c3c(F)cccc3F)[nH]c(=O)c2c1-c1ccc(C(C)(C)C)cc1. The summed E-state index contributed by atoms with van der Waals surface area (Å²) < 4.78 is 28.3. The van der Waals surface area contributed by atoms with Gasteiger partial charge in [-0.1, -0.05) is 51.1 Å². The molecule has 0 spiro atoms. The highest BCUT2D eigenvalue weighted by atomic mass is 32.1. The molecule has 0 aliphatic heterocycles. The molecule has 4 rings (SSSR count). The van der Waals surface area contributed by atoms with Crippen LogP contribution in [0.1, 0.15) is 31.2 Å². The number of aromatic nitrogens is 2. The van der Waals surface area contributed by atoms with Crippen molar-refractivity contribution in [1.29, 1.82) is 0 Å². The number of nitrogens with one attached hydrogen (secondary N) is 1. The number of halogens is 2. The number of aryl methyl sites for hydroxylation is 1. The predicted octanol–water partition coefficient (Wildman–Crippen LogP) is 6.20. The Balaban J connectivity index is 1.91. The van der Waals surface area contributed by atoms with Crippen LogP contribution in [0.5, 0.6) is 0 Å². The van der Waals surface area contributed by atoms with Gasteiger partial charge in [-0.05, 0) is 35.6 Å². The molecular weight excluding hydrogens is 390 g/mol. The van der Waals surface area contributed by atoms with E-state index in [1.54, 1.807) is 0 Å². The molecule has 3 nitrogen and oxygen atoms in total. The molecule has 6 heteroatoms. The molecule has 1 N–H and O–H groups in total. The van der Waals surface area contributed by atoms with Crippen LogP contribution >= 0.6 is 11.3 Å². The average molecular weight is 410 g/mol. The first kappa shape index (κ1) is 19.5. The molecule has 0 bridgehead atoms. The molecule has 29 heavy (non-hydrogen) atoms. The van der Waals surface area contributed by atoms with Gasteiger partial charge in [0.1, 0.15) is 22.3 Å². The van der Waals surface area contributed by atoms with E-state index in [1.807, 2.05) is 19.1 Å². The molecule has 2 heterocycles. The van der Waals surface area contributed by atoms with Crippen LogP contribution in [-0.4, -0.2) is 9.97 Å². The van der Waals surface area contributed by atoms with E-state index in [-0.39, 0.29) is 16.8 Å². The Labute approximate surface area is 171 Å². The number of H-pyrrole nitrogens is 1. The van der Waals surface area contributed by atoms with Crippen molar-refractivity contribution in [3.8, 4) is 22.5 Å². The monoisotopic (exact) mass is 410 g/mol. The highest BCUT2D eigenvalue weighted by Gasteiger charge is 2.20. The van der Waals surface area contributed by atoms with Crippen molar-refractivity contribution in [1.82, 2.24) is 9.97 Å². The molecule has 2 aromatic heterocycles. The summed E-state index contributed by atoms with van der Waals surface area (Å²) in [7, 11) is 0. The number of nitrogens with zero attached hydrogens (tertiary/aromatic N) is 1. The zero-order valence-corrected chi connectivity index (χ0v) is 17.4. The summed E-state index contributed by atoms with van der Waals surface area (Å²) >= 11 is 1.34. The van der Waals surface area contributed by atoms with Gasteiger partial charge in [0, 0.05) is 10.4 Å². The predicted molar refractivity (Wildman–Crippen MR) is 114 cm³/mol. The molecule has 0 saturated carbocycles. The highest BCUT2D eigenvalue weighted by Crippen LogP contribution is 2.37. The van der Waals surface area contributed by atoms with Gasteiger partial charge in [0.15, 0.2) is 0 Å². The Kier molecular flexibility index (Phi) is 4.62. The Bertz CT molecular complexity index is 1260. The maximum Gasteiger partial charge on any atom is 0.260 e. The smallest absolute Gasteiger partial charge is 0.260 e. The number of benzene rings is 2. The molecule has 0 unspecified atom stereocenters. The molecule has 0 saturated heterocycles. The second kappa shape index (κ2) is 6.88. The third-order valence-corrected chi connectivity index (χ3v) is 5.98. The third kappa shape index (κ3) is 3.38. The maximum absolute atomic E-state index is 14.2. The molecular formula is C23H20F2N2OS. The average Bonchev–Trinajstić information content (AvgIpc) is 2.97.